The van der Waals surface area contributed by atoms with Gasteiger partial charge in [0, 0.05) is 18.2 Å². The molecule has 0 aliphatic rings. The molecular weight excluding hydrogens is 278 g/mol. The van der Waals surface area contributed by atoms with Crippen LogP contribution >= 0.6 is 0 Å². The largest absolute Gasteiger partial charge is 0.492 e. The number of aromatic nitrogens is 4. The van der Waals surface area contributed by atoms with Crippen LogP contribution in [0.1, 0.15) is 11.4 Å². The van der Waals surface area contributed by atoms with E-state index >= 15 is 0 Å². The SMILES string of the molecule is Nc1cccc(OCCn2nnnc2Cc2ccccc2)c1. The molecule has 2 aromatic carbocycles. The molecule has 112 valence electrons. The zero-order valence-corrected chi connectivity index (χ0v) is 12.1. The van der Waals surface area contributed by atoms with E-state index in [-0.39, 0.29) is 0 Å². The molecule has 0 fully saturated rings. The van der Waals surface area contributed by atoms with Gasteiger partial charge in [-0.15, -0.1) is 5.10 Å². The molecule has 1 aromatic heterocycles. The second kappa shape index (κ2) is 6.71. The molecule has 0 saturated heterocycles. The minimum absolute atomic E-state index is 0.482. The van der Waals surface area contributed by atoms with E-state index in [9.17, 15) is 0 Å². The van der Waals surface area contributed by atoms with E-state index in [1.807, 2.05) is 36.4 Å². The van der Waals surface area contributed by atoms with Crippen LogP contribution < -0.4 is 10.5 Å². The lowest BCUT2D eigenvalue weighted by molar-refractivity contribution is 0.288. The molecule has 22 heavy (non-hydrogen) atoms. The minimum atomic E-state index is 0.482. The van der Waals surface area contributed by atoms with Crippen molar-refractivity contribution in [2.24, 2.45) is 0 Å². The second-order valence-electron chi connectivity index (χ2n) is 4.90. The van der Waals surface area contributed by atoms with E-state index in [0.717, 1.165) is 11.6 Å². The van der Waals surface area contributed by atoms with Crippen LogP contribution in [-0.2, 0) is 13.0 Å². The van der Waals surface area contributed by atoms with E-state index in [4.69, 9.17) is 10.5 Å². The van der Waals surface area contributed by atoms with Crippen molar-refractivity contribution in [1.82, 2.24) is 20.2 Å². The Morgan fingerprint density at radius 2 is 1.91 bits per heavy atom. The highest BCUT2D eigenvalue weighted by Gasteiger charge is 2.07. The van der Waals surface area contributed by atoms with E-state index in [0.29, 0.717) is 25.3 Å². The molecule has 3 aromatic rings. The van der Waals surface area contributed by atoms with Crippen LogP contribution in [-0.4, -0.2) is 26.8 Å². The number of nitrogens with zero attached hydrogens (tertiary/aromatic N) is 4. The molecule has 0 spiro atoms. The van der Waals surface area contributed by atoms with E-state index in [2.05, 4.69) is 27.7 Å². The van der Waals surface area contributed by atoms with Crippen LogP contribution in [0.4, 0.5) is 5.69 Å². The summed E-state index contributed by atoms with van der Waals surface area (Å²) in [5.41, 5.74) is 7.58. The molecular formula is C16H17N5O. The van der Waals surface area contributed by atoms with Crippen molar-refractivity contribution in [3.05, 3.63) is 66.0 Å². The molecule has 0 saturated carbocycles. The highest BCUT2D eigenvalue weighted by molar-refractivity contribution is 5.43. The maximum atomic E-state index is 5.72. The average Bonchev–Trinajstić information content (AvgIpc) is 2.96. The molecule has 6 heteroatoms. The average molecular weight is 295 g/mol. The molecule has 3 rings (SSSR count). The number of rotatable bonds is 6. The summed E-state index contributed by atoms with van der Waals surface area (Å²) >= 11 is 0. The van der Waals surface area contributed by atoms with Gasteiger partial charge in [-0.05, 0) is 28.1 Å². The fourth-order valence-corrected chi connectivity index (χ4v) is 2.16. The molecule has 0 bridgehead atoms. The first-order chi connectivity index (χ1) is 10.8. The molecule has 0 radical (unpaired) electrons. The van der Waals surface area contributed by atoms with Gasteiger partial charge >= 0.3 is 0 Å². The Hall–Kier alpha value is -2.89. The first-order valence-electron chi connectivity index (χ1n) is 7.08. The van der Waals surface area contributed by atoms with Gasteiger partial charge in [0.25, 0.3) is 0 Å². The maximum absolute atomic E-state index is 5.72. The number of hydrogen-bond acceptors (Lipinski definition) is 5. The van der Waals surface area contributed by atoms with Crippen molar-refractivity contribution in [2.75, 3.05) is 12.3 Å². The van der Waals surface area contributed by atoms with Gasteiger partial charge in [0.2, 0.25) is 0 Å². The van der Waals surface area contributed by atoms with Crippen LogP contribution in [0.3, 0.4) is 0 Å². The van der Waals surface area contributed by atoms with E-state index in [1.165, 1.54) is 5.56 Å². The lowest BCUT2D eigenvalue weighted by Gasteiger charge is -2.08. The van der Waals surface area contributed by atoms with Crippen molar-refractivity contribution in [2.45, 2.75) is 13.0 Å². The number of benzene rings is 2. The summed E-state index contributed by atoms with van der Waals surface area (Å²) in [6.45, 7) is 1.07. The summed E-state index contributed by atoms with van der Waals surface area (Å²) < 4.78 is 7.43. The van der Waals surface area contributed by atoms with Gasteiger partial charge in [-0.2, -0.15) is 0 Å². The van der Waals surface area contributed by atoms with Crippen LogP contribution in [0.2, 0.25) is 0 Å². The molecule has 0 aliphatic carbocycles. The summed E-state index contributed by atoms with van der Waals surface area (Å²) in [6, 6.07) is 17.5. The predicted molar refractivity (Wildman–Crippen MR) is 83.4 cm³/mol. The van der Waals surface area contributed by atoms with Crippen molar-refractivity contribution in [3.8, 4) is 5.75 Å². The van der Waals surface area contributed by atoms with Crippen LogP contribution in [0.25, 0.3) is 0 Å². The summed E-state index contributed by atoms with van der Waals surface area (Å²) in [5.74, 6) is 1.57. The van der Waals surface area contributed by atoms with Crippen molar-refractivity contribution in [3.63, 3.8) is 0 Å². The van der Waals surface area contributed by atoms with Gasteiger partial charge in [-0.25, -0.2) is 4.68 Å². The summed E-state index contributed by atoms with van der Waals surface area (Å²) in [4.78, 5) is 0. The van der Waals surface area contributed by atoms with Gasteiger partial charge in [-0.1, -0.05) is 36.4 Å². The number of hydrogen-bond donors (Lipinski definition) is 1. The van der Waals surface area contributed by atoms with Gasteiger partial charge in [0.15, 0.2) is 5.82 Å². The summed E-state index contributed by atoms with van der Waals surface area (Å²) in [7, 11) is 0. The Labute approximate surface area is 128 Å². The molecule has 6 nitrogen and oxygen atoms in total. The lowest BCUT2D eigenvalue weighted by atomic mass is 10.1. The van der Waals surface area contributed by atoms with Gasteiger partial charge < -0.3 is 10.5 Å². The number of anilines is 1. The molecule has 1 heterocycles. The quantitative estimate of drug-likeness (QED) is 0.703. The number of ether oxygens (including phenoxy) is 1. The maximum Gasteiger partial charge on any atom is 0.155 e. The van der Waals surface area contributed by atoms with Gasteiger partial charge in [-0.3, -0.25) is 0 Å². The fraction of sp³-hybridized carbons (Fsp3) is 0.188. The van der Waals surface area contributed by atoms with Gasteiger partial charge in [0.05, 0.1) is 6.54 Å². The molecule has 0 unspecified atom stereocenters. The Kier molecular flexibility index (Phi) is 4.29. The number of nitrogens with two attached hydrogens (primary N) is 1. The summed E-state index contributed by atoms with van der Waals surface area (Å²) in [5, 5.41) is 11.8. The predicted octanol–water partition coefficient (Wildman–Crippen LogP) is 1.93. The monoisotopic (exact) mass is 295 g/mol. The van der Waals surface area contributed by atoms with Crippen LogP contribution in [0, 0.1) is 0 Å². The normalized spacial score (nSPS) is 10.5. The van der Waals surface area contributed by atoms with Crippen LogP contribution in [0.15, 0.2) is 54.6 Å². The minimum Gasteiger partial charge on any atom is -0.492 e. The highest BCUT2D eigenvalue weighted by Crippen LogP contribution is 2.14. The standard InChI is InChI=1S/C16H17N5O/c17-14-7-4-8-15(12-14)22-10-9-21-16(18-19-20-21)11-13-5-2-1-3-6-13/h1-8,12H,9-11,17H2. The zero-order chi connectivity index (χ0) is 15.2. The van der Waals surface area contributed by atoms with E-state index in [1.54, 1.807) is 10.7 Å². The van der Waals surface area contributed by atoms with E-state index < -0.39 is 0 Å². The zero-order valence-electron chi connectivity index (χ0n) is 12.1. The Bertz CT molecular complexity index is 726. The van der Waals surface area contributed by atoms with Crippen molar-refractivity contribution < 1.29 is 4.74 Å². The Morgan fingerprint density at radius 3 is 2.73 bits per heavy atom. The molecule has 2 N–H and O–H groups in total. The Balaban J connectivity index is 1.58. The Morgan fingerprint density at radius 1 is 1.05 bits per heavy atom. The van der Waals surface area contributed by atoms with Crippen molar-refractivity contribution in [1.29, 1.82) is 0 Å². The second-order valence-corrected chi connectivity index (χ2v) is 4.90. The first-order valence-corrected chi connectivity index (χ1v) is 7.08. The third-order valence-corrected chi connectivity index (χ3v) is 3.24. The fourth-order valence-electron chi connectivity index (χ4n) is 2.16. The third kappa shape index (κ3) is 3.60. The lowest BCUT2D eigenvalue weighted by Crippen LogP contribution is -2.13. The number of nitrogen functional groups attached to an aromatic ring is 1. The third-order valence-electron chi connectivity index (χ3n) is 3.24. The molecule has 0 atom stereocenters. The molecule has 0 amide bonds. The van der Waals surface area contributed by atoms with Gasteiger partial charge in [0.1, 0.15) is 12.4 Å². The molecule has 0 aliphatic heterocycles. The first kappa shape index (κ1) is 14.1. The smallest absolute Gasteiger partial charge is 0.155 e. The summed E-state index contributed by atoms with van der Waals surface area (Å²) in [6.07, 6.45) is 0.701. The topological polar surface area (TPSA) is 78.9 Å². The highest BCUT2D eigenvalue weighted by atomic mass is 16.5. The van der Waals surface area contributed by atoms with Crippen molar-refractivity contribution >= 4 is 5.69 Å². The number of tetrazole rings is 1. The van der Waals surface area contributed by atoms with Crippen LogP contribution in [0.5, 0.6) is 5.75 Å².